The molecule has 1 aliphatic heterocycles. The van der Waals surface area contributed by atoms with E-state index in [-0.39, 0.29) is 19.2 Å². The fraction of sp³-hybridized carbons (Fsp3) is 0.886. The number of aliphatic hydroxyl groups excluding tert-OH is 4. The van der Waals surface area contributed by atoms with Gasteiger partial charge in [-0.1, -0.05) is 141 Å². The van der Waals surface area contributed by atoms with Crippen molar-refractivity contribution in [2.75, 3.05) is 26.4 Å². The topological polar surface area (TPSA) is 135 Å². The Labute approximate surface area is 324 Å². The highest BCUT2D eigenvalue weighted by Gasteiger charge is 2.44. The standard InChI is InChI=1S/C44H82O9/c1-3-5-7-9-11-13-15-17-19-21-23-25-27-29-31-33-40(46)52-38(37-51-44-43(49)42(48)41(47)39(35-45)53-44)36-50-34-32-30-28-26-24-22-20-18-16-14-12-10-8-6-4-2/h16-19,38-39,41-45,47-49H,3-15,20-37H2,1-2H3/b18-16-,19-17-. The molecule has 0 saturated carbocycles. The van der Waals surface area contributed by atoms with E-state index in [1.54, 1.807) is 0 Å². The zero-order valence-corrected chi connectivity index (χ0v) is 34.0. The second-order valence-electron chi connectivity index (χ2n) is 15.1. The van der Waals surface area contributed by atoms with Gasteiger partial charge in [0, 0.05) is 13.0 Å². The maximum Gasteiger partial charge on any atom is 0.306 e. The maximum atomic E-state index is 12.7. The van der Waals surface area contributed by atoms with Crippen molar-refractivity contribution in [2.45, 2.75) is 224 Å². The van der Waals surface area contributed by atoms with E-state index in [2.05, 4.69) is 38.2 Å². The Morgan fingerprint density at radius 2 is 1.04 bits per heavy atom. The van der Waals surface area contributed by atoms with Crippen LogP contribution in [0.25, 0.3) is 0 Å². The summed E-state index contributed by atoms with van der Waals surface area (Å²) in [5, 5.41) is 40.1. The van der Waals surface area contributed by atoms with E-state index in [1.165, 1.54) is 122 Å². The Hall–Kier alpha value is -1.33. The van der Waals surface area contributed by atoms with E-state index in [1.807, 2.05) is 0 Å². The number of hydrogen-bond donors (Lipinski definition) is 4. The van der Waals surface area contributed by atoms with Crippen LogP contribution in [0.1, 0.15) is 187 Å². The predicted octanol–water partition coefficient (Wildman–Crippen LogP) is 9.42. The van der Waals surface area contributed by atoms with E-state index in [4.69, 9.17) is 18.9 Å². The largest absolute Gasteiger partial charge is 0.457 e. The van der Waals surface area contributed by atoms with Crippen LogP contribution in [0, 0.1) is 0 Å². The number of aliphatic hydroxyl groups is 4. The third-order valence-electron chi connectivity index (χ3n) is 10.1. The second-order valence-corrected chi connectivity index (χ2v) is 15.1. The molecule has 0 aromatic heterocycles. The molecule has 0 aliphatic carbocycles. The average Bonchev–Trinajstić information content (AvgIpc) is 3.16. The number of allylic oxidation sites excluding steroid dienone is 4. The normalized spacial score (nSPS) is 21.2. The van der Waals surface area contributed by atoms with Gasteiger partial charge in [-0.15, -0.1) is 0 Å². The van der Waals surface area contributed by atoms with Crippen molar-refractivity contribution in [2.24, 2.45) is 0 Å². The Morgan fingerprint density at radius 3 is 1.53 bits per heavy atom. The third kappa shape index (κ3) is 27.8. The highest BCUT2D eigenvalue weighted by Crippen LogP contribution is 2.22. The number of hydrogen-bond acceptors (Lipinski definition) is 9. The summed E-state index contributed by atoms with van der Waals surface area (Å²) in [5.41, 5.74) is 0. The van der Waals surface area contributed by atoms with Crippen LogP contribution in [0.2, 0.25) is 0 Å². The molecule has 0 aromatic rings. The monoisotopic (exact) mass is 755 g/mol. The van der Waals surface area contributed by atoms with Crippen LogP contribution in [0.4, 0.5) is 0 Å². The van der Waals surface area contributed by atoms with Crippen LogP contribution in [0.15, 0.2) is 24.3 Å². The van der Waals surface area contributed by atoms with Crippen LogP contribution in [0.5, 0.6) is 0 Å². The van der Waals surface area contributed by atoms with Crippen molar-refractivity contribution in [3.05, 3.63) is 24.3 Å². The highest BCUT2D eigenvalue weighted by atomic mass is 16.7. The fourth-order valence-corrected chi connectivity index (χ4v) is 6.60. The van der Waals surface area contributed by atoms with Crippen molar-refractivity contribution in [1.82, 2.24) is 0 Å². The lowest BCUT2D eigenvalue weighted by Gasteiger charge is -2.39. The van der Waals surface area contributed by atoms with Crippen LogP contribution >= 0.6 is 0 Å². The lowest BCUT2D eigenvalue weighted by molar-refractivity contribution is -0.305. The van der Waals surface area contributed by atoms with E-state index in [0.29, 0.717) is 13.0 Å². The predicted molar refractivity (Wildman–Crippen MR) is 215 cm³/mol. The molecule has 4 N–H and O–H groups in total. The minimum Gasteiger partial charge on any atom is -0.457 e. The molecule has 1 aliphatic rings. The molecule has 0 amide bonds. The molecule has 53 heavy (non-hydrogen) atoms. The molecule has 6 unspecified atom stereocenters. The molecule has 0 bridgehead atoms. The summed E-state index contributed by atoms with van der Waals surface area (Å²) in [6.45, 7) is 4.53. The number of carbonyl (C=O) groups excluding carboxylic acids is 1. The Morgan fingerprint density at radius 1 is 0.585 bits per heavy atom. The molecule has 9 heteroatoms. The number of ether oxygens (including phenoxy) is 4. The second kappa shape index (κ2) is 36.3. The average molecular weight is 755 g/mol. The quantitative estimate of drug-likeness (QED) is 0.0278. The van der Waals surface area contributed by atoms with E-state index in [0.717, 1.165) is 44.9 Å². The summed E-state index contributed by atoms with van der Waals surface area (Å²) < 4.78 is 22.8. The number of esters is 1. The van der Waals surface area contributed by atoms with Gasteiger partial charge in [-0.3, -0.25) is 4.79 Å². The molecule has 0 spiro atoms. The molecule has 0 radical (unpaired) electrons. The molecule has 1 rings (SSSR count). The Balaban J connectivity index is 2.29. The smallest absolute Gasteiger partial charge is 0.306 e. The minimum atomic E-state index is -1.54. The summed E-state index contributed by atoms with van der Waals surface area (Å²) in [5.74, 6) is -0.324. The SMILES string of the molecule is CCCCCCC/C=C\CCCCCCCCOCC(COC1OC(CO)C(O)C(O)C1O)OC(=O)CCCCCCC/C=C\CCCCCCCC. The number of rotatable bonds is 37. The lowest BCUT2D eigenvalue weighted by Crippen LogP contribution is -2.59. The van der Waals surface area contributed by atoms with Gasteiger partial charge in [-0.05, 0) is 64.2 Å². The summed E-state index contributed by atoms with van der Waals surface area (Å²) in [4.78, 5) is 12.7. The summed E-state index contributed by atoms with van der Waals surface area (Å²) in [6.07, 6.45) is 33.4. The number of carbonyl (C=O) groups is 1. The van der Waals surface area contributed by atoms with Gasteiger partial charge >= 0.3 is 5.97 Å². The summed E-state index contributed by atoms with van der Waals surface area (Å²) in [7, 11) is 0. The van der Waals surface area contributed by atoms with Crippen molar-refractivity contribution in [3.8, 4) is 0 Å². The third-order valence-corrected chi connectivity index (χ3v) is 10.1. The van der Waals surface area contributed by atoms with Gasteiger partial charge in [0.25, 0.3) is 0 Å². The van der Waals surface area contributed by atoms with Gasteiger partial charge in [0.2, 0.25) is 0 Å². The van der Waals surface area contributed by atoms with Crippen LogP contribution < -0.4 is 0 Å². The minimum absolute atomic E-state index is 0.117. The van der Waals surface area contributed by atoms with Crippen LogP contribution in [-0.2, 0) is 23.7 Å². The summed E-state index contributed by atoms with van der Waals surface area (Å²) in [6, 6.07) is 0. The van der Waals surface area contributed by atoms with E-state index < -0.39 is 43.4 Å². The van der Waals surface area contributed by atoms with Crippen LogP contribution in [0.3, 0.4) is 0 Å². The van der Waals surface area contributed by atoms with E-state index >= 15 is 0 Å². The molecule has 0 aromatic carbocycles. The molecular formula is C44H82O9. The number of unbranched alkanes of at least 4 members (excludes halogenated alkanes) is 22. The molecule has 1 fully saturated rings. The first-order chi connectivity index (χ1) is 25.9. The van der Waals surface area contributed by atoms with E-state index in [9.17, 15) is 25.2 Å². The molecule has 6 atom stereocenters. The fourth-order valence-electron chi connectivity index (χ4n) is 6.60. The van der Waals surface area contributed by atoms with Gasteiger partial charge < -0.3 is 39.4 Å². The Bertz CT molecular complexity index is 864. The lowest BCUT2D eigenvalue weighted by atomic mass is 9.99. The molecule has 312 valence electrons. The maximum absolute atomic E-state index is 12.7. The zero-order chi connectivity index (χ0) is 38.6. The first-order valence-corrected chi connectivity index (χ1v) is 21.9. The summed E-state index contributed by atoms with van der Waals surface area (Å²) >= 11 is 0. The van der Waals surface area contributed by atoms with Crippen molar-refractivity contribution >= 4 is 5.97 Å². The molecule has 9 nitrogen and oxygen atoms in total. The van der Waals surface area contributed by atoms with Gasteiger partial charge in [-0.2, -0.15) is 0 Å². The molecule has 1 heterocycles. The van der Waals surface area contributed by atoms with Crippen molar-refractivity contribution < 1.29 is 44.2 Å². The van der Waals surface area contributed by atoms with Crippen molar-refractivity contribution in [1.29, 1.82) is 0 Å². The molecular weight excluding hydrogens is 672 g/mol. The Kier molecular flexibility index (Phi) is 34.0. The van der Waals surface area contributed by atoms with Gasteiger partial charge in [0.05, 0.1) is 19.8 Å². The first kappa shape index (κ1) is 49.7. The van der Waals surface area contributed by atoms with Crippen molar-refractivity contribution in [3.63, 3.8) is 0 Å². The van der Waals surface area contributed by atoms with Gasteiger partial charge in [0.1, 0.15) is 30.5 Å². The zero-order valence-electron chi connectivity index (χ0n) is 34.0. The first-order valence-electron chi connectivity index (χ1n) is 21.9. The van der Waals surface area contributed by atoms with Crippen LogP contribution in [-0.4, -0.2) is 89.6 Å². The van der Waals surface area contributed by atoms with Gasteiger partial charge in [-0.25, -0.2) is 0 Å². The molecule has 1 saturated heterocycles. The van der Waals surface area contributed by atoms with Gasteiger partial charge in [0.15, 0.2) is 6.29 Å². The highest BCUT2D eigenvalue weighted by molar-refractivity contribution is 5.69.